The van der Waals surface area contributed by atoms with E-state index in [0.717, 1.165) is 37.2 Å². The lowest BCUT2D eigenvalue weighted by Gasteiger charge is -2.23. The maximum atomic E-state index is 6.33. The molecule has 21 heavy (non-hydrogen) atoms. The highest BCUT2D eigenvalue weighted by Gasteiger charge is 2.40. The first-order chi connectivity index (χ1) is 10.4. The van der Waals surface area contributed by atoms with Gasteiger partial charge in [-0.2, -0.15) is 0 Å². The minimum atomic E-state index is -1.19. The molecule has 0 unspecified atom stereocenters. The van der Waals surface area contributed by atoms with Crippen molar-refractivity contribution in [3.8, 4) is 0 Å². The third-order valence-electron chi connectivity index (χ3n) is 4.24. The van der Waals surface area contributed by atoms with Crippen LogP contribution in [0.1, 0.15) is 25.7 Å². The zero-order chi connectivity index (χ0) is 14.1. The summed E-state index contributed by atoms with van der Waals surface area (Å²) in [6.07, 6.45) is 5.12. The van der Waals surface area contributed by atoms with Crippen molar-refractivity contribution in [3.05, 3.63) is 24.3 Å². The van der Waals surface area contributed by atoms with Crippen molar-refractivity contribution in [3.63, 3.8) is 0 Å². The molecule has 0 N–H and O–H groups in total. The van der Waals surface area contributed by atoms with Crippen molar-refractivity contribution < 1.29 is 4.62 Å². The van der Waals surface area contributed by atoms with Crippen LogP contribution in [0, 0.1) is 0 Å². The zero-order valence-electron chi connectivity index (χ0n) is 12.1. The van der Waals surface area contributed by atoms with Gasteiger partial charge in [0.2, 0.25) is 0 Å². The van der Waals surface area contributed by atoms with Crippen molar-refractivity contribution in [2.75, 3.05) is 26.2 Å². The summed E-state index contributed by atoms with van der Waals surface area (Å²) < 4.78 is 11.4. The van der Waals surface area contributed by atoms with Gasteiger partial charge in [0.1, 0.15) is 11.0 Å². The Kier molecular flexibility index (Phi) is 3.76. The van der Waals surface area contributed by atoms with Gasteiger partial charge in [0.25, 0.3) is 0 Å². The molecule has 1 aromatic heterocycles. The molecule has 2 saturated heterocycles. The summed E-state index contributed by atoms with van der Waals surface area (Å²) in [7, 11) is -1.19. The van der Waals surface area contributed by atoms with E-state index in [1.54, 1.807) is 4.85 Å². The maximum Gasteiger partial charge on any atom is 0.358 e. The van der Waals surface area contributed by atoms with Gasteiger partial charge in [-0.15, -0.1) is 14.4 Å². The fourth-order valence-electron chi connectivity index (χ4n) is 3.12. The highest BCUT2D eigenvalue weighted by Crippen LogP contribution is 2.46. The summed E-state index contributed by atoms with van der Waals surface area (Å²) in [6, 6.07) is 7.97. The molecule has 0 aliphatic carbocycles. The van der Waals surface area contributed by atoms with E-state index in [2.05, 4.69) is 19.7 Å². The van der Waals surface area contributed by atoms with E-state index in [0.29, 0.717) is 0 Å². The maximum absolute atomic E-state index is 6.33. The van der Waals surface area contributed by atoms with Crippen LogP contribution in [0.4, 0.5) is 0 Å². The van der Waals surface area contributed by atoms with E-state index in [4.69, 9.17) is 4.62 Å². The van der Waals surface area contributed by atoms with E-state index in [-0.39, 0.29) is 0 Å². The Morgan fingerprint density at radius 1 is 0.905 bits per heavy atom. The van der Waals surface area contributed by atoms with Crippen molar-refractivity contribution in [2.45, 2.75) is 25.7 Å². The fourth-order valence-corrected chi connectivity index (χ4v) is 5.44. The van der Waals surface area contributed by atoms with E-state index >= 15 is 0 Å². The van der Waals surface area contributed by atoms with E-state index in [9.17, 15) is 0 Å². The monoisotopic (exact) mass is 306 g/mol. The van der Waals surface area contributed by atoms with Gasteiger partial charge in [0.15, 0.2) is 0 Å². The quantitative estimate of drug-likeness (QED) is 0.809. The predicted octanol–water partition coefficient (Wildman–Crippen LogP) is 2.01. The van der Waals surface area contributed by atoms with Gasteiger partial charge in [-0.05, 0) is 47.9 Å². The first-order valence-electron chi connectivity index (χ1n) is 7.77. The predicted molar refractivity (Wildman–Crippen MR) is 84.0 cm³/mol. The molecule has 112 valence electrons. The Bertz CT molecular complexity index is 590. The molecule has 2 aromatic rings. The van der Waals surface area contributed by atoms with E-state index < -0.39 is 8.45 Å². The zero-order valence-corrected chi connectivity index (χ0v) is 13.1. The van der Waals surface area contributed by atoms with Crippen LogP contribution in [-0.2, 0) is 0 Å². The van der Waals surface area contributed by atoms with Gasteiger partial charge >= 0.3 is 8.45 Å². The third-order valence-corrected chi connectivity index (χ3v) is 6.56. The van der Waals surface area contributed by atoms with Crippen molar-refractivity contribution >= 4 is 19.5 Å². The normalized spacial score (nSPS) is 20.8. The molecule has 3 heterocycles. The lowest BCUT2D eigenvalue weighted by Crippen LogP contribution is -2.31. The Labute approximate surface area is 125 Å². The SMILES string of the molecule is c1ccc2c(c1)nnn2O[PH+](N1CCCC1)N1CCCC1. The summed E-state index contributed by atoms with van der Waals surface area (Å²) >= 11 is 0. The first kappa shape index (κ1) is 13.4. The molecule has 2 aliphatic heterocycles. The largest absolute Gasteiger partial charge is 0.358 e. The topological polar surface area (TPSA) is 46.4 Å². The molecule has 0 amide bonds. The third kappa shape index (κ3) is 2.63. The van der Waals surface area contributed by atoms with Gasteiger partial charge < -0.3 is 0 Å². The number of hydrogen-bond donors (Lipinski definition) is 0. The molecule has 0 saturated carbocycles. The molecule has 0 spiro atoms. The molecule has 7 heteroatoms. The smallest absolute Gasteiger partial charge is 0.207 e. The fraction of sp³-hybridized carbons (Fsp3) is 0.571. The molecule has 4 rings (SSSR count). The van der Waals surface area contributed by atoms with Crippen molar-refractivity contribution in [2.24, 2.45) is 0 Å². The Morgan fingerprint density at radius 2 is 1.52 bits per heavy atom. The minimum Gasteiger partial charge on any atom is -0.207 e. The number of aromatic nitrogens is 3. The van der Waals surface area contributed by atoms with Crippen LogP contribution in [0.5, 0.6) is 0 Å². The summed E-state index contributed by atoms with van der Waals surface area (Å²) in [5.74, 6) is 0. The number of hydrogen-bond acceptors (Lipinski definition) is 5. The van der Waals surface area contributed by atoms with Gasteiger partial charge in [-0.1, -0.05) is 12.1 Å². The standard InChI is InChI=1S/C14H20N5OP/c1-2-8-14-13(7-1)15-16-19(14)20-21(17-9-3-4-10-17)18-11-5-6-12-18/h1-2,7-8H,3-6,9-12H2/p+1. The molecule has 0 atom stereocenters. The van der Waals surface area contributed by atoms with Gasteiger partial charge in [-0.25, -0.2) is 4.62 Å². The number of rotatable bonds is 4. The van der Waals surface area contributed by atoms with Gasteiger partial charge in [0.05, 0.1) is 0 Å². The summed E-state index contributed by atoms with van der Waals surface area (Å²) in [4.78, 5) is 1.64. The highest BCUT2D eigenvalue weighted by molar-refractivity contribution is 7.47. The second-order valence-corrected chi connectivity index (χ2v) is 7.73. The molecular weight excluding hydrogens is 285 g/mol. The molecule has 2 aliphatic rings. The Balaban J connectivity index is 1.61. The summed E-state index contributed by atoms with van der Waals surface area (Å²) in [6.45, 7) is 4.60. The average Bonchev–Trinajstić information content (AvgIpc) is 3.26. The lowest BCUT2D eigenvalue weighted by molar-refractivity contribution is 0.219. The average molecular weight is 306 g/mol. The molecule has 6 nitrogen and oxygen atoms in total. The Morgan fingerprint density at radius 3 is 2.19 bits per heavy atom. The van der Waals surface area contributed by atoms with Crippen LogP contribution < -0.4 is 4.62 Å². The van der Waals surface area contributed by atoms with Crippen molar-refractivity contribution in [1.82, 2.24) is 24.5 Å². The highest BCUT2D eigenvalue weighted by atomic mass is 31.2. The minimum absolute atomic E-state index is 0.890. The van der Waals surface area contributed by atoms with Crippen LogP contribution in [-0.4, -0.2) is 50.7 Å². The van der Waals surface area contributed by atoms with Crippen LogP contribution in [0.25, 0.3) is 11.0 Å². The van der Waals surface area contributed by atoms with Crippen LogP contribution in [0.3, 0.4) is 0 Å². The molecule has 0 bridgehead atoms. The second-order valence-electron chi connectivity index (χ2n) is 5.71. The molecule has 2 fully saturated rings. The van der Waals surface area contributed by atoms with Crippen LogP contribution in [0.15, 0.2) is 24.3 Å². The first-order valence-corrected chi connectivity index (χ1v) is 9.08. The van der Waals surface area contributed by atoms with Gasteiger partial charge in [-0.3, -0.25) is 0 Å². The number of benzene rings is 1. The summed E-state index contributed by atoms with van der Waals surface area (Å²) in [5, 5.41) is 8.39. The number of nitrogens with zero attached hydrogens (tertiary/aromatic N) is 5. The van der Waals surface area contributed by atoms with Crippen LogP contribution >= 0.6 is 8.45 Å². The number of para-hydroxylation sites is 1. The lowest BCUT2D eigenvalue weighted by atomic mass is 10.3. The molecular formula is C14H21N5OP+. The molecule has 0 radical (unpaired) electrons. The number of fused-ring (bicyclic) bond motifs is 1. The van der Waals surface area contributed by atoms with Gasteiger partial charge in [0, 0.05) is 26.2 Å². The molecule has 1 aromatic carbocycles. The summed E-state index contributed by atoms with van der Waals surface area (Å²) in [5.41, 5.74) is 1.85. The van der Waals surface area contributed by atoms with E-state index in [1.807, 2.05) is 24.3 Å². The second kappa shape index (κ2) is 5.87. The van der Waals surface area contributed by atoms with Crippen LogP contribution in [0.2, 0.25) is 0 Å². The van der Waals surface area contributed by atoms with Crippen molar-refractivity contribution in [1.29, 1.82) is 0 Å². The Hall–Kier alpha value is -1.23. The van der Waals surface area contributed by atoms with E-state index in [1.165, 1.54) is 25.7 Å².